The van der Waals surface area contributed by atoms with Crippen LogP contribution in [0.25, 0.3) is 0 Å². The number of anilines is 1. The third-order valence-electron chi connectivity index (χ3n) is 2.28. The van der Waals surface area contributed by atoms with Gasteiger partial charge in [-0.25, -0.2) is 0 Å². The lowest BCUT2D eigenvalue weighted by Gasteiger charge is -2.05. The predicted molar refractivity (Wildman–Crippen MR) is 74.8 cm³/mol. The van der Waals surface area contributed by atoms with Crippen molar-refractivity contribution in [3.8, 4) is 0 Å². The van der Waals surface area contributed by atoms with Crippen LogP contribution >= 0.6 is 27.7 Å². The van der Waals surface area contributed by atoms with Crippen molar-refractivity contribution in [1.29, 1.82) is 0 Å². The van der Waals surface area contributed by atoms with Crippen LogP contribution in [0.1, 0.15) is 25.7 Å². The Bertz CT molecular complexity index is 320. The van der Waals surface area contributed by atoms with Crippen molar-refractivity contribution in [2.45, 2.75) is 30.6 Å². The summed E-state index contributed by atoms with van der Waals surface area (Å²) in [6, 6.07) is 6.01. The van der Waals surface area contributed by atoms with Gasteiger partial charge in [-0.15, -0.1) is 11.8 Å². The van der Waals surface area contributed by atoms with Gasteiger partial charge >= 0.3 is 0 Å². The van der Waals surface area contributed by atoms with Gasteiger partial charge in [0.2, 0.25) is 0 Å². The highest BCUT2D eigenvalue weighted by Crippen LogP contribution is 2.28. The molecule has 4 heteroatoms. The maximum Gasteiger partial charge on any atom is 0.0463 e. The normalized spacial score (nSPS) is 10.6. The van der Waals surface area contributed by atoms with E-state index < -0.39 is 0 Å². The van der Waals surface area contributed by atoms with Gasteiger partial charge in [0.1, 0.15) is 0 Å². The van der Waals surface area contributed by atoms with Crippen molar-refractivity contribution >= 4 is 33.4 Å². The number of halogens is 1. The second-order valence-electron chi connectivity index (χ2n) is 3.67. The molecule has 0 unspecified atom stereocenters. The molecule has 1 aromatic rings. The monoisotopic (exact) mass is 303 g/mol. The van der Waals surface area contributed by atoms with Gasteiger partial charge in [0.05, 0.1) is 0 Å². The van der Waals surface area contributed by atoms with Crippen molar-refractivity contribution in [2.24, 2.45) is 0 Å². The molecule has 0 bridgehead atoms. The van der Waals surface area contributed by atoms with Crippen LogP contribution in [0, 0.1) is 0 Å². The van der Waals surface area contributed by atoms with Crippen LogP contribution in [0.4, 0.5) is 5.69 Å². The molecule has 2 nitrogen and oxygen atoms in total. The SMILES string of the molecule is Nc1cc(Br)ccc1SCCCCCCO. The molecule has 0 aliphatic heterocycles. The van der Waals surface area contributed by atoms with E-state index in [1.54, 1.807) is 11.8 Å². The fraction of sp³-hybridized carbons (Fsp3) is 0.500. The molecule has 0 spiro atoms. The standard InChI is InChI=1S/C12H18BrNOS/c13-10-5-6-12(11(14)9-10)16-8-4-2-1-3-7-15/h5-6,9,15H,1-4,7-8,14H2. The summed E-state index contributed by atoms with van der Waals surface area (Å²) in [5.41, 5.74) is 6.74. The Hall–Kier alpha value is -0.190. The predicted octanol–water partition coefficient (Wildman–Crippen LogP) is 3.68. The third kappa shape index (κ3) is 5.23. The smallest absolute Gasteiger partial charge is 0.0463 e. The van der Waals surface area contributed by atoms with Gasteiger partial charge in [0.15, 0.2) is 0 Å². The van der Waals surface area contributed by atoms with Crippen LogP contribution in [0.5, 0.6) is 0 Å². The number of benzene rings is 1. The number of thioether (sulfide) groups is 1. The second-order valence-corrected chi connectivity index (χ2v) is 5.72. The molecule has 0 fully saturated rings. The summed E-state index contributed by atoms with van der Waals surface area (Å²) in [6.45, 7) is 0.312. The average Bonchev–Trinajstić information content (AvgIpc) is 2.26. The quantitative estimate of drug-likeness (QED) is 0.459. The van der Waals surface area contributed by atoms with E-state index in [0.29, 0.717) is 6.61 Å². The van der Waals surface area contributed by atoms with Crippen molar-refractivity contribution in [3.05, 3.63) is 22.7 Å². The van der Waals surface area contributed by atoms with Gasteiger partial charge in [0, 0.05) is 21.7 Å². The summed E-state index contributed by atoms with van der Waals surface area (Å²) < 4.78 is 1.03. The zero-order chi connectivity index (χ0) is 11.8. The van der Waals surface area contributed by atoms with E-state index in [1.807, 2.05) is 12.1 Å². The fourth-order valence-corrected chi connectivity index (χ4v) is 2.74. The first-order chi connectivity index (χ1) is 7.74. The van der Waals surface area contributed by atoms with Gasteiger partial charge in [-0.1, -0.05) is 28.8 Å². The number of nitrogens with two attached hydrogens (primary N) is 1. The molecule has 0 aromatic heterocycles. The van der Waals surface area contributed by atoms with Crippen LogP contribution in [0.15, 0.2) is 27.6 Å². The Kier molecular flexibility index (Phi) is 6.92. The molecule has 1 rings (SSSR count). The van der Waals surface area contributed by atoms with Crippen molar-refractivity contribution in [3.63, 3.8) is 0 Å². The first-order valence-electron chi connectivity index (χ1n) is 5.52. The molecule has 0 heterocycles. The van der Waals surface area contributed by atoms with Crippen molar-refractivity contribution in [2.75, 3.05) is 18.1 Å². The Balaban J connectivity index is 2.21. The molecule has 0 amide bonds. The van der Waals surface area contributed by atoms with Gasteiger partial charge < -0.3 is 10.8 Å². The molecule has 0 radical (unpaired) electrons. The number of unbranched alkanes of at least 4 members (excludes halogenated alkanes) is 3. The average molecular weight is 304 g/mol. The lowest BCUT2D eigenvalue weighted by Crippen LogP contribution is -1.90. The number of aliphatic hydroxyl groups excluding tert-OH is 1. The maximum atomic E-state index is 8.64. The summed E-state index contributed by atoms with van der Waals surface area (Å²) in [6.07, 6.45) is 4.40. The Morgan fingerprint density at radius 1 is 1.19 bits per heavy atom. The topological polar surface area (TPSA) is 46.2 Å². The van der Waals surface area contributed by atoms with E-state index in [4.69, 9.17) is 10.8 Å². The highest BCUT2D eigenvalue weighted by Gasteiger charge is 2.00. The second kappa shape index (κ2) is 7.98. The lowest BCUT2D eigenvalue weighted by atomic mass is 10.2. The number of nitrogen functional groups attached to an aromatic ring is 1. The zero-order valence-corrected chi connectivity index (χ0v) is 11.7. The van der Waals surface area contributed by atoms with Gasteiger partial charge in [-0.2, -0.15) is 0 Å². The van der Waals surface area contributed by atoms with Gasteiger partial charge in [0.25, 0.3) is 0 Å². The molecule has 0 atom stereocenters. The highest BCUT2D eigenvalue weighted by atomic mass is 79.9. The molecular weight excluding hydrogens is 286 g/mol. The van der Waals surface area contributed by atoms with E-state index in [1.165, 1.54) is 12.8 Å². The van der Waals surface area contributed by atoms with E-state index in [9.17, 15) is 0 Å². The van der Waals surface area contributed by atoms with Gasteiger partial charge in [-0.3, -0.25) is 0 Å². The van der Waals surface area contributed by atoms with Gasteiger partial charge in [-0.05, 0) is 36.8 Å². The molecule has 0 aliphatic rings. The minimum absolute atomic E-state index is 0.312. The van der Waals surface area contributed by atoms with E-state index in [2.05, 4.69) is 22.0 Å². The summed E-state index contributed by atoms with van der Waals surface area (Å²) in [5, 5.41) is 8.64. The molecular formula is C12H18BrNOS. The zero-order valence-electron chi connectivity index (χ0n) is 9.29. The fourth-order valence-electron chi connectivity index (χ4n) is 1.40. The van der Waals surface area contributed by atoms with Crippen molar-refractivity contribution < 1.29 is 5.11 Å². The molecule has 1 aromatic carbocycles. The first kappa shape index (κ1) is 13.9. The Labute approximate surface area is 110 Å². The minimum Gasteiger partial charge on any atom is -0.398 e. The molecule has 90 valence electrons. The largest absolute Gasteiger partial charge is 0.398 e. The molecule has 0 saturated carbocycles. The number of hydrogen-bond acceptors (Lipinski definition) is 3. The Morgan fingerprint density at radius 3 is 2.62 bits per heavy atom. The Morgan fingerprint density at radius 2 is 1.94 bits per heavy atom. The van der Waals surface area contributed by atoms with Crippen LogP contribution < -0.4 is 5.73 Å². The third-order valence-corrected chi connectivity index (χ3v) is 3.95. The maximum absolute atomic E-state index is 8.64. The summed E-state index contributed by atoms with van der Waals surface area (Å²) in [7, 11) is 0. The summed E-state index contributed by atoms with van der Waals surface area (Å²) >= 11 is 5.20. The number of rotatable bonds is 7. The van der Waals surface area contributed by atoms with Crippen LogP contribution in [0.3, 0.4) is 0 Å². The molecule has 16 heavy (non-hydrogen) atoms. The minimum atomic E-state index is 0.312. The number of aliphatic hydroxyl groups is 1. The van der Waals surface area contributed by atoms with Crippen LogP contribution in [0.2, 0.25) is 0 Å². The summed E-state index contributed by atoms with van der Waals surface area (Å²) in [5.74, 6) is 1.09. The van der Waals surface area contributed by atoms with Crippen LogP contribution in [-0.4, -0.2) is 17.5 Å². The molecule has 0 aliphatic carbocycles. The number of hydrogen-bond donors (Lipinski definition) is 2. The van der Waals surface area contributed by atoms with Crippen LogP contribution in [-0.2, 0) is 0 Å². The van der Waals surface area contributed by atoms with E-state index >= 15 is 0 Å². The summed E-state index contributed by atoms with van der Waals surface area (Å²) in [4.78, 5) is 1.16. The van der Waals surface area contributed by atoms with E-state index in [-0.39, 0.29) is 0 Å². The lowest BCUT2D eigenvalue weighted by molar-refractivity contribution is 0.283. The van der Waals surface area contributed by atoms with E-state index in [0.717, 1.165) is 33.7 Å². The highest BCUT2D eigenvalue weighted by molar-refractivity contribution is 9.10. The van der Waals surface area contributed by atoms with Crippen molar-refractivity contribution in [1.82, 2.24) is 0 Å². The first-order valence-corrected chi connectivity index (χ1v) is 7.30. The molecule has 3 N–H and O–H groups in total. The molecule has 0 saturated heterocycles.